The molecule has 0 atom stereocenters. The summed E-state index contributed by atoms with van der Waals surface area (Å²) in [5.74, 6) is 0.333. The molecule has 0 fully saturated rings. The molecule has 0 aliphatic carbocycles. The first-order valence-corrected chi connectivity index (χ1v) is 5.43. The van der Waals surface area contributed by atoms with Crippen LogP contribution >= 0.6 is 0 Å². The van der Waals surface area contributed by atoms with E-state index in [4.69, 9.17) is 0 Å². The number of hydrogen-bond acceptors (Lipinski definition) is 2. The highest BCUT2D eigenvalue weighted by atomic mass is 19.2. The van der Waals surface area contributed by atoms with Crippen molar-refractivity contribution in [3.05, 3.63) is 36.5 Å². The Balaban J connectivity index is 2.15. The molecule has 2 aromatic heterocycles. The molecule has 1 N–H and O–H groups in total. The number of anilines is 1. The molecule has 0 radical (unpaired) electrons. The maximum absolute atomic E-state index is 13.5. The van der Waals surface area contributed by atoms with Gasteiger partial charge in [-0.1, -0.05) is 22.7 Å². The van der Waals surface area contributed by atoms with Crippen molar-refractivity contribution < 1.29 is 4.48 Å². The number of nitrogens with zero attached hydrogens (tertiary/aromatic N) is 3. The predicted octanol–water partition coefficient (Wildman–Crippen LogP) is 2.74. The van der Waals surface area contributed by atoms with Gasteiger partial charge >= 0.3 is 0 Å². The number of allylic oxidation sites excluding steroid dienone is 1. The van der Waals surface area contributed by atoms with Crippen LogP contribution in [-0.4, -0.2) is 14.5 Å². The van der Waals surface area contributed by atoms with Crippen LogP contribution in [0.3, 0.4) is 0 Å². The Morgan fingerprint density at radius 2 is 2.18 bits per heavy atom. The van der Waals surface area contributed by atoms with Crippen molar-refractivity contribution in [2.75, 3.05) is 5.12 Å². The summed E-state index contributed by atoms with van der Waals surface area (Å²) in [6, 6.07) is 7.91. The number of para-hydroxylation sites is 1. The minimum atomic E-state index is 0.333. The number of aromatic nitrogens is 3. The van der Waals surface area contributed by atoms with E-state index in [9.17, 15) is 4.48 Å². The van der Waals surface area contributed by atoms with Crippen LogP contribution in [0.4, 0.5) is 10.4 Å². The Labute approximate surface area is 95.9 Å². The summed E-state index contributed by atoms with van der Waals surface area (Å²) >= 11 is 0. The standard InChI is InChI=1S/C12H9FN4/c13-17-7-3-6-16-11-10(15-12(16)17)8-4-1-2-5-9(8)14-11/h1-5,7,14H,6H2. The second kappa shape index (κ2) is 2.88. The zero-order valence-corrected chi connectivity index (χ0v) is 8.89. The zero-order chi connectivity index (χ0) is 11.4. The van der Waals surface area contributed by atoms with Crippen molar-refractivity contribution in [1.82, 2.24) is 14.5 Å². The van der Waals surface area contributed by atoms with E-state index in [1.54, 1.807) is 6.08 Å². The number of hydrogen-bond donors (Lipinski definition) is 1. The van der Waals surface area contributed by atoms with Crippen LogP contribution in [0.5, 0.6) is 0 Å². The summed E-state index contributed by atoms with van der Waals surface area (Å²) in [6.45, 7) is 0.638. The normalized spacial score (nSPS) is 14.8. The molecule has 4 nitrogen and oxygen atoms in total. The third kappa shape index (κ3) is 1.03. The number of fused-ring (bicyclic) bond motifs is 5. The molecule has 0 amide bonds. The van der Waals surface area contributed by atoms with E-state index in [1.807, 2.05) is 28.8 Å². The maximum Gasteiger partial charge on any atom is 0.241 e. The molecule has 1 aliphatic rings. The summed E-state index contributed by atoms with van der Waals surface area (Å²) in [4.78, 5) is 7.63. The van der Waals surface area contributed by atoms with Gasteiger partial charge in [0.15, 0.2) is 0 Å². The van der Waals surface area contributed by atoms with Crippen molar-refractivity contribution in [3.8, 4) is 0 Å². The fraction of sp³-hybridized carbons (Fsp3) is 0.0833. The van der Waals surface area contributed by atoms with E-state index >= 15 is 0 Å². The van der Waals surface area contributed by atoms with Crippen LogP contribution in [0, 0.1) is 0 Å². The predicted molar refractivity (Wildman–Crippen MR) is 64.3 cm³/mol. The smallest absolute Gasteiger partial charge is 0.241 e. The molecule has 0 saturated heterocycles. The molecular weight excluding hydrogens is 219 g/mol. The van der Waals surface area contributed by atoms with Crippen LogP contribution in [0.25, 0.3) is 22.1 Å². The molecule has 3 aromatic rings. The molecule has 5 heteroatoms. The lowest BCUT2D eigenvalue weighted by atomic mass is 10.2. The van der Waals surface area contributed by atoms with Crippen LogP contribution in [0.15, 0.2) is 36.5 Å². The van der Waals surface area contributed by atoms with Gasteiger partial charge in [-0.3, -0.25) is 4.57 Å². The zero-order valence-electron chi connectivity index (χ0n) is 8.89. The Kier molecular flexibility index (Phi) is 1.49. The van der Waals surface area contributed by atoms with Gasteiger partial charge < -0.3 is 4.98 Å². The van der Waals surface area contributed by atoms with Crippen molar-refractivity contribution in [1.29, 1.82) is 0 Å². The van der Waals surface area contributed by atoms with Gasteiger partial charge in [0.25, 0.3) is 0 Å². The molecule has 3 heterocycles. The number of benzene rings is 1. The van der Waals surface area contributed by atoms with E-state index in [1.165, 1.54) is 6.20 Å². The topological polar surface area (TPSA) is 36.9 Å². The van der Waals surface area contributed by atoms with Gasteiger partial charge in [-0.15, -0.1) is 0 Å². The Morgan fingerprint density at radius 1 is 1.29 bits per heavy atom. The minimum absolute atomic E-state index is 0.333. The monoisotopic (exact) mass is 228 g/mol. The van der Waals surface area contributed by atoms with Crippen LogP contribution in [0.1, 0.15) is 0 Å². The van der Waals surface area contributed by atoms with E-state index in [-0.39, 0.29) is 0 Å². The van der Waals surface area contributed by atoms with Gasteiger partial charge in [-0.05, 0) is 12.1 Å². The lowest BCUT2D eigenvalue weighted by Gasteiger charge is -2.14. The first-order valence-electron chi connectivity index (χ1n) is 5.43. The second-order valence-electron chi connectivity index (χ2n) is 4.09. The molecule has 1 aromatic carbocycles. The molecule has 0 unspecified atom stereocenters. The summed E-state index contributed by atoms with van der Waals surface area (Å²) in [7, 11) is 0. The SMILES string of the molecule is FN1C=CCn2c1nc1c3ccccc3[nH]c12. The van der Waals surface area contributed by atoms with Crippen LogP contribution in [0.2, 0.25) is 0 Å². The van der Waals surface area contributed by atoms with Gasteiger partial charge in [0, 0.05) is 23.6 Å². The summed E-state index contributed by atoms with van der Waals surface area (Å²) in [6.07, 6.45) is 3.16. The number of rotatable bonds is 0. The summed E-state index contributed by atoms with van der Waals surface area (Å²) in [5, 5.41) is 1.57. The number of aromatic amines is 1. The van der Waals surface area contributed by atoms with E-state index in [0.29, 0.717) is 17.6 Å². The van der Waals surface area contributed by atoms with Crippen molar-refractivity contribution in [2.45, 2.75) is 6.54 Å². The van der Waals surface area contributed by atoms with Crippen LogP contribution < -0.4 is 5.12 Å². The third-order valence-electron chi connectivity index (χ3n) is 3.10. The Bertz CT molecular complexity index is 752. The van der Waals surface area contributed by atoms with Gasteiger partial charge in [0.1, 0.15) is 11.2 Å². The highest BCUT2D eigenvalue weighted by molar-refractivity contribution is 6.04. The fourth-order valence-corrected chi connectivity index (χ4v) is 2.33. The Morgan fingerprint density at radius 3 is 3.12 bits per heavy atom. The second-order valence-corrected chi connectivity index (χ2v) is 4.09. The van der Waals surface area contributed by atoms with E-state index < -0.39 is 0 Å². The van der Waals surface area contributed by atoms with Gasteiger partial charge in [-0.25, -0.2) is 4.98 Å². The van der Waals surface area contributed by atoms with Gasteiger partial charge in [0.2, 0.25) is 5.95 Å². The molecule has 84 valence electrons. The fourth-order valence-electron chi connectivity index (χ4n) is 2.33. The number of halogens is 1. The van der Waals surface area contributed by atoms with Gasteiger partial charge in [0.05, 0.1) is 0 Å². The average molecular weight is 228 g/mol. The van der Waals surface area contributed by atoms with Crippen molar-refractivity contribution in [2.24, 2.45) is 0 Å². The third-order valence-corrected chi connectivity index (χ3v) is 3.10. The van der Waals surface area contributed by atoms with Crippen molar-refractivity contribution in [3.63, 3.8) is 0 Å². The lowest BCUT2D eigenvalue weighted by Crippen LogP contribution is -2.14. The number of nitrogens with one attached hydrogen (secondary N) is 1. The molecule has 0 saturated carbocycles. The molecular formula is C12H9FN4. The average Bonchev–Trinajstić information content (AvgIpc) is 2.87. The lowest BCUT2D eigenvalue weighted by molar-refractivity contribution is 0.469. The minimum Gasteiger partial charge on any atom is -0.339 e. The highest BCUT2D eigenvalue weighted by Crippen LogP contribution is 2.30. The number of imidazole rings is 1. The highest BCUT2D eigenvalue weighted by Gasteiger charge is 2.20. The number of H-pyrrole nitrogens is 1. The maximum atomic E-state index is 13.5. The summed E-state index contributed by atoms with van der Waals surface area (Å²) in [5.41, 5.74) is 2.72. The van der Waals surface area contributed by atoms with Crippen LogP contribution in [-0.2, 0) is 6.54 Å². The van der Waals surface area contributed by atoms with E-state index in [2.05, 4.69) is 9.97 Å². The molecule has 1 aliphatic heterocycles. The van der Waals surface area contributed by atoms with E-state index in [0.717, 1.165) is 22.1 Å². The molecule has 0 bridgehead atoms. The first kappa shape index (κ1) is 8.81. The largest absolute Gasteiger partial charge is 0.339 e. The Hall–Kier alpha value is -2.30. The van der Waals surface area contributed by atoms with Crippen molar-refractivity contribution >= 4 is 28.0 Å². The molecule has 0 spiro atoms. The summed E-state index contributed by atoms with van der Waals surface area (Å²) < 4.78 is 15.4. The molecule has 4 rings (SSSR count). The molecule has 17 heavy (non-hydrogen) atoms. The van der Waals surface area contributed by atoms with Gasteiger partial charge in [-0.2, -0.15) is 5.12 Å². The quantitative estimate of drug-likeness (QED) is 0.601. The first-order chi connectivity index (χ1) is 8.34.